The van der Waals surface area contributed by atoms with Gasteiger partial charge in [-0.3, -0.25) is 14.2 Å². The molecule has 28 heavy (non-hydrogen) atoms. The predicted octanol–water partition coefficient (Wildman–Crippen LogP) is 5.22. The first kappa shape index (κ1) is 20.2. The minimum Gasteiger partial charge on any atom is -0.495 e. The second-order valence-electron chi connectivity index (χ2n) is 6.43. The third-order valence-corrected chi connectivity index (χ3v) is 5.20. The molecule has 1 unspecified atom stereocenters. The monoisotopic (exact) mass is 418 g/mol. The fourth-order valence-electron chi connectivity index (χ4n) is 3.30. The van der Waals surface area contributed by atoms with Crippen molar-refractivity contribution in [2.75, 3.05) is 12.4 Å². The molecule has 0 spiro atoms. The zero-order valence-corrected chi connectivity index (χ0v) is 17.3. The Hall–Kier alpha value is -2.50. The average molecular weight is 419 g/mol. The van der Waals surface area contributed by atoms with Crippen molar-refractivity contribution >= 4 is 45.7 Å². The maximum atomic E-state index is 13.1. The van der Waals surface area contributed by atoms with Gasteiger partial charge in [0.2, 0.25) is 5.91 Å². The van der Waals surface area contributed by atoms with E-state index in [0.29, 0.717) is 33.4 Å². The summed E-state index contributed by atoms with van der Waals surface area (Å²) in [5, 5.41) is 4.46. The Labute approximate surface area is 172 Å². The van der Waals surface area contributed by atoms with Gasteiger partial charge in [0.1, 0.15) is 11.8 Å². The summed E-state index contributed by atoms with van der Waals surface area (Å²) in [6.45, 7) is 3.71. The quantitative estimate of drug-likeness (QED) is 0.617. The van der Waals surface area contributed by atoms with Crippen molar-refractivity contribution in [2.24, 2.45) is 0 Å². The van der Waals surface area contributed by atoms with Crippen molar-refractivity contribution in [3.05, 3.63) is 68.4 Å². The summed E-state index contributed by atoms with van der Waals surface area (Å²) < 4.78 is 6.96. The number of aryl methyl sites for hydroxylation is 1. The molecule has 1 heterocycles. The Morgan fingerprint density at radius 2 is 1.96 bits per heavy atom. The van der Waals surface area contributed by atoms with Crippen LogP contribution in [0.1, 0.15) is 24.9 Å². The van der Waals surface area contributed by atoms with E-state index >= 15 is 0 Å². The molecule has 146 valence electrons. The number of hydrogen-bond acceptors (Lipinski definition) is 3. The Morgan fingerprint density at radius 1 is 1.21 bits per heavy atom. The van der Waals surface area contributed by atoms with Gasteiger partial charge in [0.15, 0.2) is 0 Å². The highest BCUT2D eigenvalue weighted by Gasteiger charge is 2.24. The van der Waals surface area contributed by atoms with E-state index in [1.165, 1.54) is 10.6 Å². The molecule has 0 saturated carbocycles. The number of carbonyl (C=O) groups is 1. The molecule has 0 saturated heterocycles. The van der Waals surface area contributed by atoms with Crippen LogP contribution in [0.2, 0.25) is 10.0 Å². The lowest BCUT2D eigenvalue weighted by molar-refractivity contribution is -0.119. The number of nitrogens with zero attached hydrogens (tertiary/aromatic N) is 1. The van der Waals surface area contributed by atoms with Gasteiger partial charge >= 0.3 is 0 Å². The van der Waals surface area contributed by atoms with Crippen LogP contribution in [0.25, 0.3) is 10.9 Å². The molecule has 0 fully saturated rings. The van der Waals surface area contributed by atoms with Gasteiger partial charge in [-0.25, -0.2) is 0 Å². The zero-order chi connectivity index (χ0) is 20.4. The first-order valence-electron chi connectivity index (χ1n) is 8.82. The van der Waals surface area contributed by atoms with E-state index in [2.05, 4.69) is 5.32 Å². The molecule has 3 aromatic rings. The van der Waals surface area contributed by atoms with Crippen LogP contribution in [-0.2, 0) is 4.79 Å². The van der Waals surface area contributed by atoms with Crippen LogP contribution in [-0.4, -0.2) is 17.6 Å². The van der Waals surface area contributed by atoms with E-state index in [1.54, 1.807) is 31.4 Å². The van der Waals surface area contributed by atoms with E-state index in [9.17, 15) is 9.59 Å². The van der Waals surface area contributed by atoms with Gasteiger partial charge in [0, 0.05) is 16.5 Å². The summed E-state index contributed by atoms with van der Waals surface area (Å²) >= 11 is 12.1. The SMILES string of the molecule is CCC(C(=O)Nc1ccc(Cl)cc1Cl)n1c(=O)cc(C)c2cccc(OC)c21. The lowest BCUT2D eigenvalue weighted by Gasteiger charge is -2.22. The minimum absolute atomic E-state index is 0.265. The molecule has 1 N–H and O–H groups in total. The van der Waals surface area contributed by atoms with Crippen LogP contribution in [0, 0.1) is 6.92 Å². The number of methoxy groups -OCH3 is 1. The molecule has 0 aliphatic rings. The second kappa shape index (κ2) is 8.25. The summed E-state index contributed by atoms with van der Waals surface area (Å²) in [5.41, 5.74) is 1.59. The van der Waals surface area contributed by atoms with Crippen LogP contribution in [0.4, 0.5) is 5.69 Å². The molecule has 0 bridgehead atoms. The number of aromatic nitrogens is 1. The van der Waals surface area contributed by atoms with Gasteiger partial charge < -0.3 is 10.1 Å². The molecule has 0 radical (unpaired) electrons. The lowest BCUT2D eigenvalue weighted by atomic mass is 10.1. The fourth-order valence-corrected chi connectivity index (χ4v) is 3.75. The molecular formula is C21H20Cl2N2O3. The predicted molar refractivity (Wildman–Crippen MR) is 114 cm³/mol. The van der Waals surface area contributed by atoms with Gasteiger partial charge in [0.25, 0.3) is 5.56 Å². The Bertz CT molecular complexity index is 1110. The summed E-state index contributed by atoms with van der Waals surface area (Å²) in [5.74, 6) is 0.193. The molecule has 1 amide bonds. The Morgan fingerprint density at radius 3 is 2.61 bits per heavy atom. The number of fused-ring (bicyclic) bond motifs is 1. The Balaban J connectivity index is 2.13. The topological polar surface area (TPSA) is 60.3 Å². The van der Waals surface area contributed by atoms with Gasteiger partial charge in [-0.15, -0.1) is 0 Å². The number of amides is 1. The fraction of sp³-hybridized carbons (Fsp3) is 0.238. The molecule has 1 atom stereocenters. The number of halogens is 2. The van der Waals surface area contributed by atoms with Crippen molar-refractivity contribution in [3.63, 3.8) is 0 Å². The standard InChI is InChI=1S/C21H20Cl2N2O3/c1-4-17(21(27)24-16-9-8-13(22)11-15(16)23)25-19(26)10-12(2)14-6-5-7-18(28-3)20(14)25/h5-11,17H,4H2,1-3H3,(H,24,27). The number of rotatable bonds is 5. The van der Waals surface area contributed by atoms with Crippen LogP contribution >= 0.6 is 23.2 Å². The minimum atomic E-state index is -0.737. The molecule has 2 aromatic carbocycles. The highest BCUT2D eigenvalue weighted by molar-refractivity contribution is 6.36. The Kier molecular flexibility index (Phi) is 5.96. The molecule has 0 aliphatic heterocycles. The van der Waals surface area contributed by atoms with Gasteiger partial charge in [0.05, 0.1) is 23.3 Å². The molecular weight excluding hydrogens is 399 g/mol. The van der Waals surface area contributed by atoms with E-state index in [0.717, 1.165) is 10.9 Å². The summed E-state index contributed by atoms with van der Waals surface area (Å²) in [6, 6.07) is 11.2. The third-order valence-electron chi connectivity index (χ3n) is 4.65. The zero-order valence-electron chi connectivity index (χ0n) is 15.8. The smallest absolute Gasteiger partial charge is 0.252 e. The van der Waals surface area contributed by atoms with E-state index < -0.39 is 6.04 Å². The number of anilines is 1. The van der Waals surface area contributed by atoms with E-state index in [1.807, 2.05) is 26.0 Å². The molecule has 0 aliphatic carbocycles. The number of hydrogen-bond donors (Lipinski definition) is 1. The number of pyridine rings is 1. The van der Waals surface area contributed by atoms with E-state index in [4.69, 9.17) is 27.9 Å². The lowest BCUT2D eigenvalue weighted by Crippen LogP contribution is -2.33. The molecule has 7 heteroatoms. The van der Waals surface area contributed by atoms with Crippen molar-refractivity contribution in [2.45, 2.75) is 26.3 Å². The van der Waals surface area contributed by atoms with Gasteiger partial charge in [-0.1, -0.05) is 42.3 Å². The molecule has 5 nitrogen and oxygen atoms in total. The number of para-hydroxylation sites is 1. The van der Waals surface area contributed by atoms with Crippen molar-refractivity contribution < 1.29 is 9.53 Å². The van der Waals surface area contributed by atoms with Gasteiger partial charge in [-0.05, 0) is 43.2 Å². The van der Waals surface area contributed by atoms with Crippen molar-refractivity contribution in [1.82, 2.24) is 4.57 Å². The maximum absolute atomic E-state index is 13.1. The number of carbonyl (C=O) groups excluding carboxylic acids is 1. The normalized spacial score (nSPS) is 12.0. The highest BCUT2D eigenvalue weighted by Crippen LogP contribution is 2.31. The van der Waals surface area contributed by atoms with Crippen LogP contribution in [0.15, 0.2) is 47.3 Å². The van der Waals surface area contributed by atoms with E-state index in [-0.39, 0.29) is 11.5 Å². The first-order valence-corrected chi connectivity index (χ1v) is 9.57. The average Bonchev–Trinajstić information content (AvgIpc) is 2.66. The number of nitrogens with one attached hydrogen (secondary N) is 1. The summed E-state index contributed by atoms with van der Waals surface area (Å²) in [4.78, 5) is 25.9. The van der Waals surface area contributed by atoms with Crippen LogP contribution < -0.4 is 15.6 Å². The first-order chi connectivity index (χ1) is 13.4. The van der Waals surface area contributed by atoms with Crippen LogP contribution in [0.3, 0.4) is 0 Å². The summed E-state index contributed by atoms with van der Waals surface area (Å²) in [7, 11) is 1.54. The highest BCUT2D eigenvalue weighted by atomic mass is 35.5. The van der Waals surface area contributed by atoms with Crippen molar-refractivity contribution in [3.8, 4) is 5.75 Å². The number of benzene rings is 2. The molecule has 3 rings (SSSR count). The second-order valence-corrected chi connectivity index (χ2v) is 7.27. The third kappa shape index (κ3) is 3.73. The van der Waals surface area contributed by atoms with Crippen molar-refractivity contribution in [1.29, 1.82) is 0 Å². The maximum Gasteiger partial charge on any atom is 0.252 e. The summed E-state index contributed by atoms with van der Waals surface area (Å²) in [6.07, 6.45) is 0.410. The van der Waals surface area contributed by atoms with Gasteiger partial charge in [-0.2, -0.15) is 0 Å². The molecule has 1 aromatic heterocycles. The number of ether oxygens (including phenoxy) is 1. The van der Waals surface area contributed by atoms with Crippen LogP contribution in [0.5, 0.6) is 5.75 Å². The largest absolute Gasteiger partial charge is 0.495 e.